The van der Waals surface area contributed by atoms with E-state index in [9.17, 15) is 9.59 Å². The van der Waals surface area contributed by atoms with Gasteiger partial charge in [0.15, 0.2) is 11.2 Å². The number of hydrogen-bond acceptors (Lipinski definition) is 10. The summed E-state index contributed by atoms with van der Waals surface area (Å²) in [6.07, 6.45) is 11.3. The number of unbranched alkanes of at least 4 members (excludes halogenated alkanes) is 4. The highest BCUT2D eigenvalue weighted by molar-refractivity contribution is 7.51. The molecule has 0 bridgehead atoms. The number of benzene rings is 3. The van der Waals surface area contributed by atoms with Crippen molar-refractivity contribution in [2.24, 2.45) is 4.99 Å². The summed E-state index contributed by atoms with van der Waals surface area (Å²) in [6, 6.07) is 27.5. The Hall–Kier alpha value is -6.12. The number of fused-ring (bicyclic) bond motifs is 5. The van der Waals surface area contributed by atoms with Gasteiger partial charge in [0, 0.05) is 95.8 Å². The molecule has 3 aromatic carbocycles. The van der Waals surface area contributed by atoms with Crippen LogP contribution >= 0.6 is 8.58 Å². The zero-order chi connectivity index (χ0) is 43.5. The Labute approximate surface area is 368 Å². The number of rotatable bonds is 18. The quantitative estimate of drug-likeness (QED) is 0.0613. The van der Waals surface area contributed by atoms with Crippen LogP contribution in [0.4, 0.5) is 11.4 Å². The Morgan fingerprint density at radius 3 is 1.54 bits per heavy atom. The Kier molecular flexibility index (Phi) is 12.5. The number of anilines is 2. The van der Waals surface area contributed by atoms with Gasteiger partial charge in [-0.25, -0.2) is 9.59 Å². The van der Waals surface area contributed by atoms with Gasteiger partial charge in [-0.05, 0) is 67.6 Å². The first-order valence-electron chi connectivity index (χ1n) is 22.6. The second kappa shape index (κ2) is 18.7. The molecule has 63 heavy (non-hydrogen) atoms. The van der Waals surface area contributed by atoms with Gasteiger partial charge in [0.05, 0.1) is 16.8 Å². The Balaban J connectivity index is 0.912. The molecule has 0 fully saturated rings. The first-order chi connectivity index (χ1) is 30.8. The number of furan rings is 3. The summed E-state index contributed by atoms with van der Waals surface area (Å²) in [5, 5.41) is 2.68. The van der Waals surface area contributed by atoms with Crippen molar-refractivity contribution in [3.05, 3.63) is 123 Å². The van der Waals surface area contributed by atoms with Crippen molar-refractivity contribution in [3.8, 4) is 22.5 Å². The van der Waals surface area contributed by atoms with E-state index in [1.54, 1.807) is 6.20 Å². The lowest BCUT2D eigenvalue weighted by molar-refractivity contribution is 0.559. The molecule has 0 amide bonds. The lowest BCUT2D eigenvalue weighted by Crippen LogP contribution is -2.25. The molecule has 0 spiro atoms. The van der Waals surface area contributed by atoms with E-state index < -0.39 is 0 Å². The maximum absolute atomic E-state index is 13.3. The average molecular weight is 864 g/mol. The standard InChI is InChI=1S/C52H54N3O7P/c1-5-9-21-54(22-10-6-2)37-19-17-35-25-39(51(56)61-42(35)27-37)33-13-15-34(16-14-33)44-29-46-49(59-44)50-47(58-46)30-45(60-50)48-31-53-41(32-63-48)40-26-36-18-20-38(28-43(36)62-52(40)57)55(23-11-7-3)24-12-8-4/h13-20,25-31,63H,5-12,21-24,32H2,1-4H3. The molecule has 0 saturated heterocycles. The second-order valence-electron chi connectivity index (χ2n) is 16.5. The minimum atomic E-state index is -0.380. The maximum atomic E-state index is 13.3. The third kappa shape index (κ3) is 8.79. The molecule has 324 valence electrons. The van der Waals surface area contributed by atoms with Gasteiger partial charge in [0.25, 0.3) is 0 Å². The molecule has 6 heterocycles. The fourth-order valence-electron chi connectivity index (χ4n) is 8.28. The fraction of sp³-hybridized carbons (Fsp3) is 0.327. The van der Waals surface area contributed by atoms with Gasteiger partial charge in [0.2, 0.25) is 11.2 Å². The summed E-state index contributed by atoms with van der Waals surface area (Å²) in [7, 11) is 0.324. The Morgan fingerprint density at radius 1 is 0.524 bits per heavy atom. The van der Waals surface area contributed by atoms with Crippen LogP contribution in [-0.2, 0) is 0 Å². The molecule has 5 aromatic heterocycles. The molecule has 0 aliphatic carbocycles. The molecule has 11 heteroatoms. The van der Waals surface area contributed by atoms with E-state index in [0.29, 0.717) is 76.6 Å². The van der Waals surface area contributed by atoms with Gasteiger partial charge in [-0.3, -0.25) is 4.99 Å². The largest absolute Gasteiger partial charge is 0.449 e. The van der Waals surface area contributed by atoms with Crippen molar-refractivity contribution in [1.29, 1.82) is 0 Å². The lowest BCUT2D eigenvalue weighted by atomic mass is 10.0. The van der Waals surface area contributed by atoms with Crippen LogP contribution in [0.1, 0.15) is 90.4 Å². The Morgan fingerprint density at radius 2 is 1.02 bits per heavy atom. The van der Waals surface area contributed by atoms with E-state index >= 15 is 0 Å². The average Bonchev–Trinajstić information content (AvgIpc) is 4.00. The predicted molar refractivity (Wildman–Crippen MR) is 259 cm³/mol. The second-order valence-corrected chi connectivity index (χ2v) is 17.7. The summed E-state index contributed by atoms with van der Waals surface area (Å²) in [4.78, 5) is 36.1. The fourth-order valence-corrected chi connectivity index (χ4v) is 9.38. The van der Waals surface area contributed by atoms with Crippen molar-refractivity contribution >= 4 is 75.3 Å². The zero-order valence-corrected chi connectivity index (χ0v) is 37.6. The van der Waals surface area contributed by atoms with E-state index in [2.05, 4.69) is 49.6 Å². The molecular formula is C52H54N3O7P. The van der Waals surface area contributed by atoms with E-state index in [4.69, 9.17) is 27.1 Å². The highest BCUT2D eigenvalue weighted by Gasteiger charge is 2.23. The lowest BCUT2D eigenvalue weighted by Gasteiger charge is -2.24. The molecule has 0 N–H and O–H groups in total. The molecule has 1 unspecified atom stereocenters. The summed E-state index contributed by atoms with van der Waals surface area (Å²) in [5.41, 5.74) is 8.09. The van der Waals surface area contributed by atoms with Gasteiger partial charge < -0.3 is 31.9 Å². The zero-order valence-electron chi connectivity index (χ0n) is 36.6. The van der Waals surface area contributed by atoms with Crippen molar-refractivity contribution < 1.29 is 22.1 Å². The Bertz CT molecular complexity index is 3070. The first-order valence-corrected chi connectivity index (χ1v) is 23.8. The van der Waals surface area contributed by atoms with Crippen molar-refractivity contribution in [2.75, 3.05) is 42.1 Å². The SMILES string of the molecule is CCCCN(CCCC)c1ccc2cc(C3=NC=C(c4cc5oc6cc(-c7ccc(-c8cc9ccc(N(CCCC)CCCC)cc9oc8=O)cc7)oc6c5o4)PC3)c(=O)oc2c1. The molecule has 1 atom stereocenters. The van der Waals surface area contributed by atoms with Gasteiger partial charge in [-0.1, -0.05) is 86.2 Å². The summed E-state index contributed by atoms with van der Waals surface area (Å²) in [6.45, 7) is 12.7. The summed E-state index contributed by atoms with van der Waals surface area (Å²) >= 11 is 0. The van der Waals surface area contributed by atoms with Gasteiger partial charge in [0.1, 0.15) is 22.7 Å². The van der Waals surface area contributed by atoms with Crippen LogP contribution in [0.25, 0.3) is 72.0 Å². The van der Waals surface area contributed by atoms with E-state index in [1.165, 1.54) is 0 Å². The minimum absolute atomic E-state index is 0.324. The van der Waals surface area contributed by atoms with Crippen molar-refractivity contribution in [1.82, 2.24) is 0 Å². The van der Waals surface area contributed by atoms with Crippen LogP contribution in [0.15, 0.2) is 128 Å². The van der Waals surface area contributed by atoms with Crippen LogP contribution in [0.2, 0.25) is 0 Å². The minimum Gasteiger partial charge on any atom is -0.449 e. The number of nitrogens with zero attached hydrogens (tertiary/aromatic N) is 3. The first kappa shape index (κ1) is 42.2. The monoisotopic (exact) mass is 863 g/mol. The topological polar surface area (TPSA) is 119 Å². The number of aliphatic imine (C=N–C) groups is 1. The smallest absolute Gasteiger partial charge is 0.345 e. The molecule has 10 nitrogen and oxygen atoms in total. The molecule has 0 saturated carbocycles. The van der Waals surface area contributed by atoms with Crippen molar-refractivity contribution in [3.63, 3.8) is 0 Å². The molecule has 1 aliphatic rings. The highest BCUT2D eigenvalue weighted by Crippen LogP contribution is 2.43. The molecule has 0 radical (unpaired) electrons. The molecule has 1 aliphatic heterocycles. The third-order valence-corrected chi connectivity index (χ3v) is 13.2. The highest BCUT2D eigenvalue weighted by atomic mass is 31.1. The molecule has 8 aromatic rings. The molecular weight excluding hydrogens is 810 g/mol. The van der Waals surface area contributed by atoms with Crippen molar-refractivity contribution in [2.45, 2.75) is 79.1 Å². The van der Waals surface area contributed by atoms with Crippen LogP contribution in [0.3, 0.4) is 0 Å². The van der Waals surface area contributed by atoms with Crippen LogP contribution in [0.5, 0.6) is 0 Å². The van der Waals surface area contributed by atoms with Crippen LogP contribution < -0.4 is 21.1 Å². The van der Waals surface area contributed by atoms with Gasteiger partial charge >= 0.3 is 11.3 Å². The maximum Gasteiger partial charge on any atom is 0.345 e. The van der Waals surface area contributed by atoms with Crippen LogP contribution in [-0.4, -0.2) is 38.1 Å². The van der Waals surface area contributed by atoms with Gasteiger partial charge in [-0.2, -0.15) is 0 Å². The van der Waals surface area contributed by atoms with E-state index in [-0.39, 0.29) is 11.3 Å². The summed E-state index contributed by atoms with van der Waals surface area (Å²) in [5.74, 6) is 1.27. The summed E-state index contributed by atoms with van der Waals surface area (Å²) < 4.78 is 30.6. The van der Waals surface area contributed by atoms with E-state index in [0.717, 1.165) is 116 Å². The van der Waals surface area contributed by atoms with Crippen LogP contribution in [0, 0.1) is 0 Å². The predicted octanol–water partition coefficient (Wildman–Crippen LogP) is 13.6. The van der Waals surface area contributed by atoms with E-state index in [1.807, 2.05) is 72.8 Å². The number of hydrogen-bond donors (Lipinski definition) is 0. The normalized spacial score (nSPS) is 13.5. The molecule has 9 rings (SSSR count). The third-order valence-electron chi connectivity index (χ3n) is 12.0. The van der Waals surface area contributed by atoms with Gasteiger partial charge in [-0.15, -0.1) is 0 Å².